The van der Waals surface area contributed by atoms with Crippen LogP contribution < -0.4 is 5.32 Å². The van der Waals surface area contributed by atoms with Crippen molar-refractivity contribution in [1.29, 1.82) is 0 Å². The number of aromatic carboxylic acids is 1. The van der Waals surface area contributed by atoms with Crippen molar-refractivity contribution in [1.82, 2.24) is 10.5 Å². The monoisotopic (exact) mass is 324 g/mol. The lowest BCUT2D eigenvalue weighted by atomic mass is 10.1. The minimum Gasteiger partial charge on any atom is -0.476 e. The first-order valence-electron chi connectivity index (χ1n) is 5.74. The number of halogens is 1. The van der Waals surface area contributed by atoms with Crippen LogP contribution in [0.15, 0.2) is 39.3 Å². The summed E-state index contributed by atoms with van der Waals surface area (Å²) in [5, 5.41) is 15.4. The lowest BCUT2D eigenvalue weighted by Crippen LogP contribution is -2.17. The summed E-state index contributed by atoms with van der Waals surface area (Å²) >= 11 is 3.39. The van der Waals surface area contributed by atoms with Gasteiger partial charge in [-0.3, -0.25) is 0 Å². The maximum atomic E-state index is 10.7. The number of carboxylic acid groups (broad SMARTS) is 1. The highest BCUT2D eigenvalue weighted by Crippen LogP contribution is 2.17. The summed E-state index contributed by atoms with van der Waals surface area (Å²) in [4.78, 5) is 10.7. The van der Waals surface area contributed by atoms with Crippen molar-refractivity contribution in [2.24, 2.45) is 0 Å². The van der Waals surface area contributed by atoms with Gasteiger partial charge in [0, 0.05) is 16.6 Å². The van der Waals surface area contributed by atoms with Crippen LogP contribution >= 0.6 is 15.9 Å². The molecule has 100 valence electrons. The van der Waals surface area contributed by atoms with Gasteiger partial charge in [-0.25, -0.2) is 4.79 Å². The molecule has 0 spiro atoms. The molecule has 0 aliphatic heterocycles. The third-order valence-corrected chi connectivity index (χ3v) is 3.26. The smallest absolute Gasteiger partial charge is 0.358 e. The first kappa shape index (κ1) is 13.8. The first-order valence-corrected chi connectivity index (χ1v) is 6.53. The zero-order chi connectivity index (χ0) is 13.8. The molecule has 0 fully saturated rings. The summed E-state index contributed by atoms with van der Waals surface area (Å²) in [6.07, 6.45) is 0. The van der Waals surface area contributed by atoms with Gasteiger partial charge in [-0.05, 0) is 24.6 Å². The van der Waals surface area contributed by atoms with Gasteiger partial charge >= 0.3 is 5.97 Å². The Hall–Kier alpha value is -1.66. The van der Waals surface area contributed by atoms with E-state index in [4.69, 9.17) is 9.63 Å². The topological polar surface area (TPSA) is 75.4 Å². The first-order chi connectivity index (χ1) is 9.06. The van der Waals surface area contributed by atoms with Gasteiger partial charge in [0.15, 0.2) is 11.5 Å². The van der Waals surface area contributed by atoms with Crippen LogP contribution in [0.4, 0.5) is 0 Å². The summed E-state index contributed by atoms with van der Waals surface area (Å²) in [6, 6.07) is 9.54. The SMILES string of the molecule is CC(NCc1cc(C(=O)O)no1)c1ccc(Br)cc1. The number of nitrogens with one attached hydrogen (secondary N) is 1. The molecule has 1 heterocycles. The van der Waals surface area contributed by atoms with Crippen molar-refractivity contribution in [2.75, 3.05) is 0 Å². The van der Waals surface area contributed by atoms with Gasteiger partial charge in [-0.2, -0.15) is 0 Å². The minimum absolute atomic E-state index is 0.0758. The van der Waals surface area contributed by atoms with E-state index in [9.17, 15) is 4.79 Å². The van der Waals surface area contributed by atoms with Crippen LogP contribution in [0.1, 0.15) is 34.8 Å². The van der Waals surface area contributed by atoms with E-state index in [0.29, 0.717) is 12.3 Å². The fourth-order valence-electron chi connectivity index (χ4n) is 1.62. The number of rotatable bonds is 5. The predicted octanol–water partition coefficient (Wildman–Crippen LogP) is 2.99. The number of carboxylic acids is 1. The van der Waals surface area contributed by atoms with Crippen LogP contribution in [0.5, 0.6) is 0 Å². The molecule has 0 amide bonds. The summed E-state index contributed by atoms with van der Waals surface area (Å²) in [5.74, 6) is -0.586. The Morgan fingerprint density at radius 1 is 1.47 bits per heavy atom. The Labute approximate surface area is 118 Å². The van der Waals surface area contributed by atoms with Gasteiger partial charge in [-0.1, -0.05) is 33.2 Å². The van der Waals surface area contributed by atoms with Gasteiger partial charge < -0.3 is 14.9 Å². The molecule has 1 unspecified atom stereocenters. The van der Waals surface area contributed by atoms with Crippen LogP contribution in [0, 0.1) is 0 Å². The highest BCUT2D eigenvalue weighted by Gasteiger charge is 2.11. The zero-order valence-corrected chi connectivity index (χ0v) is 11.8. The molecule has 1 aromatic heterocycles. The van der Waals surface area contributed by atoms with Crippen molar-refractivity contribution >= 4 is 21.9 Å². The van der Waals surface area contributed by atoms with Crippen molar-refractivity contribution in [3.63, 3.8) is 0 Å². The van der Waals surface area contributed by atoms with E-state index in [1.807, 2.05) is 31.2 Å². The molecule has 0 bridgehead atoms. The van der Waals surface area contributed by atoms with E-state index in [-0.39, 0.29) is 11.7 Å². The van der Waals surface area contributed by atoms with E-state index in [1.165, 1.54) is 6.07 Å². The number of hydrogen-bond acceptors (Lipinski definition) is 4. The summed E-state index contributed by atoms with van der Waals surface area (Å²) < 4.78 is 5.96. The maximum Gasteiger partial charge on any atom is 0.358 e. The van der Waals surface area contributed by atoms with Crippen molar-refractivity contribution in [3.05, 3.63) is 51.8 Å². The lowest BCUT2D eigenvalue weighted by molar-refractivity contribution is 0.0685. The maximum absolute atomic E-state index is 10.7. The van der Waals surface area contributed by atoms with Gasteiger partial charge in [0.2, 0.25) is 0 Å². The molecule has 5 nitrogen and oxygen atoms in total. The predicted molar refractivity (Wildman–Crippen MR) is 72.9 cm³/mol. The van der Waals surface area contributed by atoms with E-state index in [2.05, 4.69) is 26.4 Å². The summed E-state index contributed by atoms with van der Waals surface area (Å²) in [7, 11) is 0. The third kappa shape index (κ3) is 3.65. The lowest BCUT2D eigenvalue weighted by Gasteiger charge is -2.12. The van der Waals surface area contributed by atoms with Crippen LogP contribution in [0.3, 0.4) is 0 Å². The van der Waals surface area contributed by atoms with Gasteiger partial charge in [0.25, 0.3) is 0 Å². The molecule has 1 atom stereocenters. The molecule has 6 heteroatoms. The number of nitrogens with zero attached hydrogens (tertiary/aromatic N) is 1. The van der Waals surface area contributed by atoms with Crippen molar-refractivity contribution in [3.8, 4) is 0 Å². The molecule has 1 aromatic carbocycles. The second-order valence-corrected chi connectivity index (χ2v) is 5.05. The van der Waals surface area contributed by atoms with E-state index >= 15 is 0 Å². The van der Waals surface area contributed by atoms with E-state index in [1.54, 1.807) is 0 Å². The number of carbonyl (C=O) groups is 1. The van der Waals surface area contributed by atoms with Crippen molar-refractivity contribution in [2.45, 2.75) is 19.5 Å². The quantitative estimate of drug-likeness (QED) is 0.884. The van der Waals surface area contributed by atoms with Gasteiger partial charge in [-0.15, -0.1) is 0 Å². The molecule has 0 radical (unpaired) electrons. The second-order valence-electron chi connectivity index (χ2n) is 4.14. The Morgan fingerprint density at radius 2 is 2.16 bits per heavy atom. The highest BCUT2D eigenvalue weighted by atomic mass is 79.9. The van der Waals surface area contributed by atoms with Crippen LogP contribution in [-0.4, -0.2) is 16.2 Å². The fraction of sp³-hybridized carbons (Fsp3) is 0.231. The normalized spacial score (nSPS) is 12.3. The minimum atomic E-state index is -1.09. The average Bonchev–Trinajstić information content (AvgIpc) is 2.86. The second kappa shape index (κ2) is 5.99. The highest BCUT2D eigenvalue weighted by molar-refractivity contribution is 9.10. The Morgan fingerprint density at radius 3 is 2.74 bits per heavy atom. The largest absolute Gasteiger partial charge is 0.476 e. The van der Waals surface area contributed by atoms with Gasteiger partial charge in [0.1, 0.15) is 0 Å². The van der Waals surface area contributed by atoms with Crippen molar-refractivity contribution < 1.29 is 14.4 Å². The van der Waals surface area contributed by atoms with E-state index < -0.39 is 5.97 Å². The fourth-order valence-corrected chi connectivity index (χ4v) is 1.88. The Bertz CT molecular complexity index is 566. The molecular weight excluding hydrogens is 312 g/mol. The summed E-state index contributed by atoms with van der Waals surface area (Å²) in [6.45, 7) is 2.45. The molecule has 2 aromatic rings. The Balaban J connectivity index is 1.94. The third-order valence-electron chi connectivity index (χ3n) is 2.73. The standard InChI is InChI=1S/C13H13BrN2O3/c1-8(9-2-4-10(14)5-3-9)15-7-11-6-12(13(17)18)16-19-11/h2-6,8,15H,7H2,1H3,(H,17,18). The molecular formula is C13H13BrN2O3. The molecule has 0 aliphatic rings. The number of aromatic nitrogens is 1. The van der Waals surface area contributed by atoms with E-state index in [0.717, 1.165) is 10.0 Å². The van der Waals surface area contributed by atoms with Crippen LogP contribution in [0.25, 0.3) is 0 Å². The van der Waals surface area contributed by atoms with Crippen LogP contribution in [-0.2, 0) is 6.54 Å². The van der Waals surface area contributed by atoms with Crippen LogP contribution in [0.2, 0.25) is 0 Å². The molecule has 0 saturated heterocycles. The summed E-state index contributed by atoms with van der Waals surface area (Å²) in [5.41, 5.74) is 1.06. The number of hydrogen-bond donors (Lipinski definition) is 2. The molecule has 2 rings (SSSR count). The number of benzene rings is 1. The molecule has 0 saturated carbocycles. The Kier molecular flexibility index (Phi) is 4.34. The molecule has 19 heavy (non-hydrogen) atoms. The molecule has 2 N–H and O–H groups in total. The molecule has 0 aliphatic carbocycles. The zero-order valence-electron chi connectivity index (χ0n) is 10.3. The average molecular weight is 325 g/mol. The van der Waals surface area contributed by atoms with Gasteiger partial charge in [0.05, 0.1) is 6.54 Å².